The lowest BCUT2D eigenvalue weighted by molar-refractivity contribution is 0.112. The van der Waals surface area contributed by atoms with Crippen molar-refractivity contribution < 1.29 is 14.6 Å². The summed E-state index contributed by atoms with van der Waals surface area (Å²) >= 11 is 0. The Balaban J connectivity index is 0.000000200. The zero-order chi connectivity index (χ0) is 14.3. The number of carbonyl (C=O) groups is 1. The highest BCUT2D eigenvalue weighted by atomic mass is 16.5. The van der Waals surface area contributed by atoms with Crippen LogP contribution in [-0.4, -0.2) is 18.5 Å². The molecule has 100 valence electrons. The van der Waals surface area contributed by atoms with Gasteiger partial charge in [0.1, 0.15) is 0 Å². The van der Waals surface area contributed by atoms with Gasteiger partial charge in [-0.2, -0.15) is 0 Å². The third-order valence-electron chi connectivity index (χ3n) is 2.31. The van der Waals surface area contributed by atoms with E-state index in [0.717, 1.165) is 11.4 Å². The van der Waals surface area contributed by atoms with Gasteiger partial charge in [-0.05, 0) is 36.4 Å². The van der Waals surface area contributed by atoms with Crippen LogP contribution in [0.3, 0.4) is 0 Å². The van der Waals surface area contributed by atoms with Crippen LogP contribution in [0.25, 0.3) is 0 Å². The molecule has 5 N–H and O–H groups in total. The van der Waals surface area contributed by atoms with Gasteiger partial charge >= 0.3 is 0 Å². The van der Waals surface area contributed by atoms with E-state index in [1.54, 1.807) is 36.4 Å². The highest BCUT2D eigenvalue weighted by Crippen LogP contribution is 2.27. The van der Waals surface area contributed by atoms with Gasteiger partial charge < -0.3 is 21.3 Å². The van der Waals surface area contributed by atoms with E-state index in [4.69, 9.17) is 16.2 Å². The maximum Gasteiger partial charge on any atom is 0.168 e. The first-order valence-electron chi connectivity index (χ1n) is 5.50. The molecule has 0 amide bonds. The molecule has 19 heavy (non-hydrogen) atoms. The summed E-state index contributed by atoms with van der Waals surface area (Å²) in [4.78, 5) is 10.3. The minimum Gasteiger partial charge on any atom is -0.504 e. The van der Waals surface area contributed by atoms with E-state index in [2.05, 4.69) is 0 Å². The van der Waals surface area contributed by atoms with Crippen LogP contribution in [0.5, 0.6) is 11.5 Å². The molecule has 0 spiro atoms. The van der Waals surface area contributed by atoms with Crippen LogP contribution < -0.4 is 16.2 Å². The van der Waals surface area contributed by atoms with Crippen molar-refractivity contribution in [3.8, 4) is 11.5 Å². The molecule has 0 saturated heterocycles. The summed E-state index contributed by atoms with van der Waals surface area (Å²) in [6, 6.07) is 11.8. The van der Waals surface area contributed by atoms with Gasteiger partial charge in [0.05, 0.1) is 12.7 Å². The van der Waals surface area contributed by atoms with Crippen LogP contribution in [0, 0.1) is 0 Å². The normalized spacial score (nSPS) is 9.11. The molecular weight excluding hydrogens is 244 g/mol. The Morgan fingerprint density at radius 2 is 1.58 bits per heavy atom. The highest BCUT2D eigenvalue weighted by molar-refractivity contribution is 5.80. The maximum atomic E-state index is 10.3. The van der Waals surface area contributed by atoms with Crippen molar-refractivity contribution in [1.29, 1.82) is 0 Å². The molecule has 0 saturated carbocycles. The van der Waals surface area contributed by atoms with Gasteiger partial charge in [-0.3, -0.25) is 4.79 Å². The zero-order valence-electron chi connectivity index (χ0n) is 10.5. The number of rotatable bonds is 2. The van der Waals surface area contributed by atoms with E-state index in [0.29, 0.717) is 12.0 Å². The van der Waals surface area contributed by atoms with Crippen molar-refractivity contribution in [3.05, 3.63) is 48.0 Å². The number of hydrogen-bond acceptors (Lipinski definition) is 5. The Morgan fingerprint density at radius 3 is 2.00 bits per heavy atom. The van der Waals surface area contributed by atoms with E-state index in [1.807, 2.05) is 0 Å². The fourth-order valence-corrected chi connectivity index (χ4v) is 1.30. The Labute approximate surface area is 111 Å². The number of benzene rings is 2. The lowest BCUT2D eigenvalue weighted by Gasteiger charge is -2.02. The minimum atomic E-state index is -0.106. The number of phenolic OH excluding ortho intramolecular Hbond substituents is 1. The number of methoxy groups -OCH3 is 1. The summed E-state index contributed by atoms with van der Waals surface area (Å²) < 4.78 is 4.78. The monoisotopic (exact) mass is 260 g/mol. The topological polar surface area (TPSA) is 98.6 Å². The standard InChI is InChI=1S/C8H8O3.C6H8N2/c1-11-7-4-2-3-6(5-9)8(7)10;7-5-1-2-6(8)4-3-5/h2-5,10H,1H3;1-4H,7-8H2. The largest absolute Gasteiger partial charge is 0.504 e. The predicted molar refractivity (Wildman–Crippen MR) is 75.3 cm³/mol. The smallest absolute Gasteiger partial charge is 0.168 e. The zero-order valence-corrected chi connectivity index (χ0v) is 10.5. The summed E-state index contributed by atoms with van der Waals surface area (Å²) in [5.41, 5.74) is 12.5. The molecule has 0 aliphatic heterocycles. The SMILES string of the molecule is COc1cccc(C=O)c1O.Nc1ccc(N)cc1. The van der Waals surface area contributed by atoms with Gasteiger partial charge in [-0.15, -0.1) is 0 Å². The second-order valence-electron chi connectivity index (χ2n) is 3.68. The van der Waals surface area contributed by atoms with Crippen molar-refractivity contribution in [2.75, 3.05) is 18.6 Å². The minimum absolute atomic E-state index is 0.106. The van der Waals surface area contributed by atoms with Crippen LogP contribution >= 0.6 is 0 Å². The Morgan fingerprint density at radius 1 is 1.05 bits per heavy atom. The first-order valence-corrected chi connectivity index (χ1v) is 5.50. The maximum absolute atomic E-state index is 10.3. The van der Waals surface area contributed by atoms with Crippen LogP contribution in [0.15, 0.2) is 42.5 Å². The number of aromatic hydroxyl groups is 1. The van der Waals surface area contributed by atoms with E-state index in [-0.39, 0.29) is 11.3 Å². The molecule has 2 aromatic carbocycles. The molecule has 0 aliphatic rings. The first-order chi connectivity index (χ1) is 9.08. The quantitative estimate of drug-likeness (QED) is 0.567. The van der Waals surface area contributed by atoms with Crippen LogP contribution in [-0.2, 0) is 0 Å². The second kappa shape index (κ2) is 6.90. The number of nitrogens with two attached hydrogens (primary N) is 2. The third kappa shape index (κ3) is 4.23. The van der Waals surface area contributed by atoms with Crippen LogP contribution in [0.4, 0.5) is 11.4 Å². The molecule has 0 bridgehead atoms. The molecule has 0 fully saturated rings. The first kappa shape index (κ1) is 14.4. The number of anilines is 2. The number of hydrogen-bond donors (Lipinski definition) is 3. The lowest BCUT2D eigenvalue weighted by Crippen LogP contribution is -1.86. The summed E-state index contributed by atoms with van der Waals surface area (Å²) in [6.07, 6.45) is 0.581. The van der Waals surface area contributed by atoms with Gasteiger partial charge in [-0.1, -0.05) is 6.07 Å². The molecule has 0 heterocycles. The molecular formula is C14H16N2O3. The fourth-order valence-electron chi connectivity index (χ4n) is 1.30. The molecule has 5 heteroatoms. The van der Waals surface area contributed by atoms with Crippen LogP contribution in [0.2, 0.25) is 0 Å². The molecule has 0 radical (unpaired) electrons. The van der Waals surface area contributed by atoms with E-state index in [9.17, 15) is 9.90 Å². The highest BCUT2D eigenvalue weighted by Gasteiger charge is 2.04. The molecule has 0 aromatic heterocycles. The summed E-state index contributed by atoms with van der Waals surface area (Å²) in [5, 5.41) is 9.23. The van der Waals surface area contributed by atoms with Gasteiger partial charge in [-0.25, -0.2) is 0 Å². The van der Waals surface area contributed by atoms with Gasteiger partial charge in [0.2, 0.25) is 0 Å². The summed E-state index contributed by atoms with van der Waals surface area (Å²) in [6.45, 7) is 0. The third-order valence-corrected chi connectivity index (χ3v) is 2.31. The van der Waals surface area contributed by atoms with Gasteiger partial charge in [0.15, 0.2) is 17.8 Å². The Hall–Kier alpha value is -2.69. The van der Waals surface area contributed by atoms with E-state index < -0.39 is 0 Å². The molecule has 2 rings (SSSR count). The Bertz CT molecular complexity index is 518. The molecule has 5 nitrogen and oxygen atoms in total. The molecule has 0 atom stereocenters. The fraction of sp³-hybridized carbons (Fsp3) is 0.0714. The number of aldehydes is 1. The second-order valence-corrected chi connectivity index (χ2v) is 3.68. The molecule has 0 unspecified atom stereocenters. The molecule has 0 aliphatic carbocycles. The number of ether oxygens (including phenoxy) is 1. The average molecular weight is 260 g/mol. The van der Waals surface area contributed by atoms with Gasteiger partial charge in [0, 0.05) is 11.4 Å². The number of carbonyl (C=O) groups excluding carboxylic acids is 1. The number of nitrogen functional groups attached to an aromatic ring is 2. The Kier molecular flexibility index (Phi) is 5.22. The van der Waals surface area contributed by atoms with E-state index in [1.165, 1.54) is 13.2 Å². The number of phenols is 1. The van der Waals surface area contributed by atoms with Crippen molar-refractivity contribution in [2.24, 2.45) is 0 Å². The van der Waals surface area contributed by atoms with Crippen molar-refractivity contribution in [1.82, 2.24) is 0 Å². The lowest BCUT2D eigenvalue weighted by atomic mass is 10.2. The van der Waals surface area contributed by atoms with Crippen molar-refractivity contribution in [3.63, 3.8) is 0 Å². The van der Waals surface area contributed by atoms with Crippen LogP contribution in [0.1, 0.15) is 10.4 Å². The van der Waals surface area contributed by atoms with E-state index >= 15 is 0 Å². The number of para-hydroxylation sites is 1. The summed E-state index contributed by atoms with van der Waals surface area (Å²) in [7, 11) is 1.43. The van der Waals surface area contributed by atoms with Crippen molar-refractivity contribution in [2.45, 2.75) is 0 Å². The van der Waals surface area contributed by atoms with Crippen molar-refractivity contribution >= 4 is 17.7 Å². The average Bonchev–Trinajstić information content (AvgIpc) is 2.43. The molecule has 2 aromatic rings. The summed E-state index contributed by atoms with van der Waals surface area (Å²) in [5.74, 6) is 0.208. The predicted octanol–water partition coefficient (Wildman–Crippen LogP) is 2.06. The van der Waals surface area contributed by atoms with Gasteiger partial charge in [0.25, 0.3) is 0 Å².